The lowest BCUT2D eigenvalue weighted by Crippen LogP contribution is -2.50. The van der Waals surface area contributed by atoms with Gasteiger partial charge in [-0.15, -0.1) is 0 Å². The van der Waals surface area contributed by atoms with Gasteiger partial charge in [-0.25, -0.2) is 21.1 Å². The number of rotatable bonds is 5. The topological polar surface area (TPSA) is 104 Å². The van der Waals surface area contributed by atoms with Crippen LogP contribution in [0.25, 0.3) is 0 Å². The molecule has 1 aromatic rings. The van der Waals surface area contributed by atoms with Crippen molar-refractivity contribution in [1.82, 2.24) is 8.61 Å². The Morgan fingerprint density at radius 1 is 1.30 bits per heavy atom. The Bertz CT molecular complexity index is 1120. The summed E-state index contributed by atoms with van der Waals surface area (Å²) in [6.07, 6.45) is 5.04. The molecule has 33 heavy (non-hydrogen) atoms. The molecule has 1 heterocycles. The Hall–Kier alpha value is -1.64. The third kappa shape index (κ3) is 6.08. The zero-order valence-electron chi connectivity index (χ0n) is 19.7. The van der Waals surface area contributed by atoms with Crippen molar-refractivity contribution in [3.8, 4) is 17.6 Å². The minimum Gasteiger partial charge on any atom is -0.487 e. The van der Waals surface area contributed by atoms with E-state index >= 15 is 0 Å². The Kier molecular flexibility index (Phi) is 8.12. The molecule has 184 valence electrons. The van der Waals surface area contributed by atoms with Crippen LogP contribution in [0, 0.1) is 23.7 Å². The van der Waals surface area contributed by atoms with Crippen LogP contribution < -0.4 is 4.74 Å². The molecule has 10 heteroatoms. The molecule has 0 saturated heterocycles. The van der Waals surface area contributed by atoms with Gasteiger partial charge in [0.15, 0.2) is 0 Å². The van der Waals surface area contributed by atoms with E-state index in [2.05, 4.69) is 11.8 Å². The van der Waals surface area contributed by atoms with Gasteiger partial charge >= 0.3 is 0 Å². The quantitative estimate of drug-likeness (QED) is 0.622. The molecule has 0 bridgehead atoms. The van der Waals surface area contributed by atoms with E-state index < -0.39 is 32.2 Å². The highest BCUT2D eigenvalue weighted by Gasteiger charge is 2.38. The molecular formula is C23H34N2O6S2. The molecule has 1 aliphatic carbocycles. The van der Waals surface area contributed by atoms with Gasteiger partial charge in [0.2, 0.25) is 20.0 Å². The number of aliphatic hydroxyl groups excluding tert-OH is 1. The second-order valence-corrected chi connectivity index (χ2v) is 13.1. The summed E-state index contributed by atoms with van der Waals surface area (Å²) in [5.41, 5.74) is 0.654. The third-order valence-corrected chi connectivity index (χ3v) is 9.75. The number of sulfonamides is 2. The number of fused-ring (bicyclic) bond motifs is 1. The summed E-state index contributed by atoms with van der Waals surface area (Å²) in [5, 5.41) is 9.71. The highest BCUT2D eigenvalue weighted by molar-refractivity contribution is 7.89. The number of ether oxygens (including phenoxy) is 1. The molecular weight excluding hydrogens is 464 g/mol. The van der Waals surface area contributed by atoms with Crippen LogP contribution in [0.5, 0.6) is 5.75 Å². The van der Waals surface area contributed by atoms with Crippen LogP contribution in [0.15, 0.2) is 23.1 Å². The summed E-state index contributed by atoms with van der Waals surface area (Å²) in [7, 11) is -5.92. The molecule has 0 unspecified atom stereocenters. The molecule has 8 nitrogen and oxygen atoms in total. The smallest absolute Gasteiger partial charge is 0.247 e. The number of hydrogen-bond donors (Lipinski definition) is 1. The van der Waals surface area contributed by atoms with E-state index in [-0.39, 0.29) is 36.3 Å². The van der Waals surface area contributed by atoms with Crippen LogP contribution in [0.4, 0.5) is 0 Å². The fraction of sp³-hybridized carbons (Fsp3) is 0.652. The van der Waals surface area contributed by atoms with Gasteiger partial charge in [-0.2, -0.15) is 4.31 Å². The van der Waals surface area contributed by atoms with Crippen molar-refractivity contribution in [2.24, 2.45) is 11.8 Å². The van der Waals surface area contributed by atoms with Crippen LogP contribution in [0.3, 0.4) is 0 Å². The van der Waals surface area contributed by atoms with E-state index in [1.807, 2.05) is 6.92 Å². The predicted octanol–water partition coefficient (Wildman–Crippen LogP) is 1.89. The van der Waals surface area contributed by atoms with E-state index in [0.717, 1.165) is 19.1 Å². The maximum Gasteiger partial charge on any atom is 0.247 e. The van der Waals surface area contributed by atoms with E-state index in [0.29, 0.717) is 11.5 Å². The summed E-state index contributed by atoms with van der Waals surface area (Å²) in [5.74, 6) is 6.60. The summed E-state index contributed by atoms with van der Waals surface area (Å²) in [6.45, 7) is 3.29. The van der Waals surface area contributed by atoms with Crippen LogP contribution in [-0.2, 0) is 20.0 Å². The molecule has 0 radical (unpaired) electrons. The lowest BCUT2D eigenvalue weighted by molar-refractivity contribution is 0.0905. The second-order valence-electron chi connectivity index (χ2n) is 9.20. The highest BCUT2D eigenvalue weighted by Crippen LogP contribution is 2.34. The van der Waals surface area contributed by atoms with E-state index in [4.69, 9.17) is 4.74 Å². The molecule has 1 N–H and O–H groups in total. The molecule has 2 aliphatic rings. The van der Waals surface area contributed by atoms with Crippen molar-refractivity contribution in [2.45, 2.75) is 56.6 Å². The first-order chi connectivity index (χ1) is 15.4. The summed E-state index contributed by atoms with van der Waals surface area (Å²) in [6, 6.07) is 4.15. The second kappa shape index (κ2) is 10.3. The highest BCUT2D eigenvalue weighted by atomic mass is 32.2. The molecule has 1 saturated carbocycles. The first kappa shape index (κ1) is 26.0. The van der Waals surface area contributed by atoms with Crippen molar-refractivity contribution < 1.29 is 26.7 Å². The Morgan fingerprint density at radius 3 is 2.58 bits per heavy atom. The number of aliphatic hydroxyl groups is 1. The first-order valence-corrected chi connectivity index (χ1v) is 14.6. The summed E-state index contributed by atoms with van der Waals surface area (Å²) < 4.78 is 59.6. The molecule has 0 aromatic heterocycles. The predicted molar refractivity (Wildman–Crippen MR) is 127 cm³/mol. The van der Waals surface area contributed by atoms with E-state index in [1.165, 1.54) is 34.6 Å². The van der Waals surface area contributed by atoms with Gasteiger partial charge in [0.1, 0.15) is 16.7 Å². The van der Waals surface area contributed by atoms with Gasteiger partial charge in [0.05, 0.1) is 19.4 Å². The van der Waals surface area contributed by atoms with Crippen LogP contribution in [0.2, 0.25) is 0 Å². The number of likely N-dealkylation sites (N-methyl/N-ethyl adjacent to an activating group) is 1. The van der Waals surface area contributed by atoms with Crippen molar-refractivity contribution in [3.05, 3.63) is 23.8 Å². The van der Waals surface area contributed by atoms with Gasteiger partial charge in [-0.3, -0.25) is 0 Å². The van der Waals surface area contributed by atoms with Crippen molar-refractivity contribution in [1.29, 1.82) is 0 Å². The van der Waals surface area contributed by atoms with E-state index in [1.54, 1.807) is 19.1 Å². The largest absolute Gasteiger partial charge is 0.487 e. The molecule has 1 aromatic carbocycles. The van der Waals surface area contributed by atoms with Crippen LogP contribution in [-0.4, -0.2) is 75.7 Å². The zero-order valence-corrected chi connectivity index (χ0v) is 21.3. The summed E-state index contributed by atoms with van der Waals surface area (Å²) >= 11 is 0. The van der Waals surface area contributed by atoms with Crippen molar-refractivity contribution in [2.75, 3.05) is 33.0 Å². The van der Waals surface area contributed by atoms with Gasteiger partial charge in [-0.05, 0) is 38.0 Å². The van der Waals surface area contributed by atoms with Crippen LogP contribution in [0.1, 0.15) is 45.1 Å². The average molecular weight is 499 g/mol. The van der Waals surface area contributed by atoms with Gasteiger partial charge in [0, 0.05) is 37.0 Å². The fourth-order valence-corrected chi connectivity index (χ4v) is 6.41. The third-order valence-electron chi connectivity index (χ3n) is 6.45. The maximum absolute atomic E-state index is 13.5. The van der Waals surface area contributed by atoms with Crippen LogP contribution >= 0.6 is 0 Å². The van der Waals surface area contributed by atoms with Gasteiger partial charge in [0.25, 0.3) is 0 Å². The van der Waals surface area contributed by atoms with Gasteiger partial charge < -0.3 is 9.84 Å². The van der Waals surface area contributed by atoms with Crippen molar-refractivity contribution >= 4 is 20.0 Å². The molecule has 1 fully saturated rings. The minimum atomic E-state index is -3.95. The average Bonchev–Trinajstić information content (AvgIpc) is 3.27. The number of hydrogen-bond acceptors (Lipinski definition) is 6. The number of nitrogens with zero attached hydrogens (tertiary/aromatic N) is 2. The summed E-state index contributed by atoms with van der Waals surface area (Å²) in [4.78, 5) is -0.00637. The molecule has 0 spiro atoms. The maximum atomic E-state index is 13.5. The van der Waals surface area contributed by atoms with Gasteiger partial charge in [-0.1, -0.05) is 31.6 Å². The standard InChI is InChI=1S/C23H34N2O6S2/c1-17-14-25(18(2)16-26)33(29,30)23-12-11-20(10-9-19-7-5-6-8-19)13-21(23)31-22(17)15-24(3)32(4,27)28/h11-13,17-19,22,26H,5-8,14-16H2,1-4H3/t17-,18-,22-/m0/s1. The minimum absolute atomic E-state index is 0.00637. The molecule has 0 amide bonds. The lowest BCUT2D eigenvalue weighted by Gasteiger charge is -2.37. The molecule has 3 rings (SSSR count). The Morgan fingerprint density at radius 2 is 1.97 bits per heavy atom. The number of benzene rings is 1. The lowest BCUT2D eigenvalue weighted by atomic mass is 10.0. The normalized spacial score (nSPS) is 24.8. The monoisotopic (exact) mass is 498 g/mol. The SMILES string of the molecule is C[C@H]1CN([C@@H](C)CO)S(=O)(=O)c2ccc(C#CC3CCCC3)cc2O[C@H]1CN(C)S(C)(=O)=O. The first-order valence-electron chi connectivity index (χ1n) is 11.3. The zero-order chi connectivity index (χ0) is 24.4. The molecule has 3 atom stereocenters. The van der Waals surface area contributed by atoms with E-state index in [9.17, 15) is 21.9 Å². The Labute approximate surface area is 198 Å². The fourth-order valence-electron chi connectivity index (χ4n) is 4.17. The Balaban J connectivity index is 2.05. The van der Waals surface area contributed by atoms with Crippen molar-refractivity contribution in [3.63, 3.8) is 0 Å². The molecule has 1 aliphatic heterocycles.